The molecule has 0 aromatic heterocycles. The lowest BCUT2D eigenvalue weighted by Crippen LogP contribution is -2.45. The van der Waals surface area contributed by atoms with Gasteiger partial charge in [-0.15, -0.1) is 0 Å². The molecule has 0 radical (unpaired) electrons. The number of carbonyl (C=O) groups is 2. The van der Waals surface area contributed by atoms with Crippen LogP contribution in [-0.2, 0) is 44.4 Å². The normalized spacial score (nSPS) is 21.9. The Morgan fingerprint density at radius 1 is 0.537 bits per heavy atom. The smallest absolute Gasteiger partial charge is 0.416 e. The standard InChI is InChI=1S/C37H61F3O5Si2.C36H59F3O5Si2.2CH4/c1-27-24-33(45-47(11,12)36(5,6)7)32(20-15-13-14-16-21-34(41)42-8)31(27)23-22-30(44-46(9,10)35(2,3)4)26-43-29-19-17-18-28(25-29)37(38,39)40;1-26-23-32(44-46(10,11)35(5,6)7)31(19-14-12-13-15-20-33(40)41)30(26)22-21-29(43-45(8,9)34(2,3)4)25-42-28-18-16-17-27(24-28)36(37,38)39;;/h13,15,17-19,22-23,25,27,30-33H,14,16,20-21,24,26H2,1-12H3;12,14,16-18,21-22,24,26,29-32H,13,15,19-20,23,25H2,1-11H3,(H,40,41);2*1H4/b15-13-,23-22+;14-12-,22-21+;;/t27-,30-,31+,32-,33+;26-,29-,30+,31-,32+;;/m11../s1. The van der Waals surface area contributed by atoms with Crippen LogP contribution in [0.4, 0.5) is 26.3 Å². The third-order valence-electron chi connectivity index (χ3n) is 20.6. The molecule has 2 fully saturated rings. The highest BCUT2D eigenvalue weighted by atomic mass is 28.4. The van der Waals surface area contributed by atoms with E-state index < -0.39 is 74.9 Å². The molecule has 0 saturated heterocycles. The summed E-state index contributed by atoms with van der Waals surface area (Å²) >= 11 is 0. The fraction of sp³-hybridized carbons (Fsp3) is 0.707. The van der Waals surface area contributed by atoms with Crippen molar-refractivity contribution in [2.24, 2.45) is 35.5 Å². The summed E-state index contributed by atoms with van der Waals surface area (Å²) in [6, 6.07) is 10.0. The topological polar surface area (TPSA) is 119 Å². The first-order valence-electron chi connectivity index (χ1n) is 33.7. The molecule has 0 aliphatic heterocycles. The molecule has 546 valence electrons. The predicted molar refractivity (Wildman–Crippen MR) is 390 cm³/mol. The van der Waals surface area contributed by atoms with Crippen LogP contribution in [0.1, 0.15) is 187 Å². The van der Waals surface area contributed by atoms with Crippen LogP contribution in [-0.4, -0.2) is 95.1 Å². The largest absolute Gasteiger partial charge is 0.491 e. The number of esters is 1. The van der Waals surface area contributed by atoms with E-state index in [1.54, 1.807) is 12.1 Å². The number of rotatable bonds is 30. The summed E-state index contributed by atoms with van der Waals surface area (Å²) in [5.41, 5.74) is -1.48. The maximum Gasteiger partial charge on any atom is 0.416 e. The van der Waals surface area contributed by atoms with Crippen molar-refractivity contribution in [1.82, 2.24) is 0 Å². The molecular weight excluding hydrogens is 1290 g/mol. The Labute approximate surface area is 576 Å². The van der Waals surface area contributed by atoms with Crippen molar-refractivity contribution < 1.29 is 73.0 Å². The number of benzene rings is 2. The molecule has 20 heteroatoms. The number of ether oxygens (including phenoxy) is 3. The second-order valence-electron chi connectivity index (χ2n) is 32.2. The molecule has 0 amide bonds. The van der Waals surface area contributed by atoms with Crippen LogP contribution in [0.15, 0.2) is 97.1 Å². The van der Waals surface area contributed by atoms with Gasteiger partial charge in [0.05, 0.1) is 30.4 Å². The number of carboxylic acid groups (broad SMARTS) is 1. The number of allylic oxidation sites excluding steroid dienone is 6. The zero-order chi connectivity index (χ0) is 71.0. The number of hydrogen-bond donors (Lipinski definition) is 1. The van der Waals surface area contributed by atoms with Crippen LogP contribution in [0.3, 0.4) is 0 Å². The second kappa shape index (κ2) is 37.1. The van der Waals surface area contributed by atoms with Gasteiger partial charge in [0, 0.05) is 25.0 Å². The van der Waals surface area contributed by atoms with Gasteiger partial charge in [0.2, 0.25) is 0 Å². The number of alkyl halides is 6. The van der Waals surface area contributed by atoms with Crippen molar-refractivity contribution >= 4 is 45.2 Å². The van der Waals surface area contributed by atoms with Crippen LogP contribution >= 0.6 is 0 Å². The fourth-order valence-corrected chi connectivity index (χ4v) is 16.0. The number of aliphatic carboxylic acids is 1. The average molecular weight is 1420 g/mol. The summed E-state index contributed by atoms with van der Waals surface area (Å²) in [5.74, 6) is 1.01. The van der Waals surface area contributed by atoms with E-state index in [1.807, 2.05) is 0 Å². The summed E-state index contributed by atoms with van der Waals surface area (Å²) in [5, 5.41) is 9.01. The first-order chi connectivity index (χ1) is 42.4. The quantitative estimate of drug-likeness (QED) is 0.0266. The molecule has 95 heavy (non-hydrogen) atoms. The summed E-state index contributed by atoms with van der Waals surface area (Å²) in [6.07, 6.45) is 14.7. The Morgan fingerprint density at radius 3 is 1.18 bits per heavy atom. The van der Waals surface area contributed by atoms with Crippen LogP contribution in [0, 0.1) is 35.5 Å². The van der Waals surface area contributed by atoms with E-state index >= 15 is 0 Å². The first-order valence-corrected chi connectivity index (χ1v) is 45.3. The highest BCUT2D eigenvalue weighted by Gasteiger charge is 2.49. The Hall–Kier alpha value is -3.77. The van der Waals surface area contributed by atoms with Crippen molar-refractivity contribution in [2.75, 3.05) is 20.3 Å². The van der Waals surface area contributed by atoms with Crippen molar-refractivity contribution in [2.45, 2.75) is 285 Å². The van der Waals surface area contributed by atoms with Crippen molar-refractivity contribution in [3.05, 3.63) is 108 Å². The van der Waals surface area contributed by atoms with Gasteiger partial charge in [0.25, 0.3) is 0 Å². The number of halogens is 6. The van der Waals surface area contributed by atoms with Crippen LogP contribution in [0.25, 0.3) is 0 Å². The third kappa shape index (κ3) is 28.8. The van der Waals surface area contributed by atoms with Crippen molar-refractivity contribution in [1.29, 1.82) is 0 Å². The minimum absolute atomic E-state index is 0. The predicted octanol–water partition coefficient (Wildman–Crippen LogP) is 23.1. The Balaban J connectivity index is 0.000000931. The minimum atomic E-state index is -4.45. The van der Waals surface area contributed by atoms with Gasteiger partial charge in [-0.05, 0) is 196 Å². The number of carboxylic acids is 1. The van der Waals surface area contributed by atoms with E-state index in [0.29, 0.717) is 24.7 Å². The van der Waals surface area contributed by atoms with Crippen LogP contribution < -0.4 is 9.47 Å². The molecule has 0 unspecified atom stereocenters. The lowest BCUT2D eigenvalue weighted by Gasteiger charge is -2.40. The van der Waals surface area contributed by atoms with Gasteiger partial charge in [0.1, 0.15) is 24.7 Å². The Morgan fingerprint density at radius 2 is 0.874 bits per heavy atom. The highest BCUT2D eigenvalue weighted by Crippen LogP contribution is 2.49. The molecule has 0 heterocycles. The molecule has 2 aromatic carbocycles. The van der Waals surface area contributed by atoms with Gasteiger partial charge in [-0.1, -0.05) is 173 Å². The Bertz CT molecular complexity index is 2750. The average Bonchev–Trinajstić information content (AvgIpc) is 1.67. The van der Waals surface area contributed by atoms with E-state index in [-0.39, 0.29) is 108 Å². The van der Waals surface area contributed by atoms with E-state index in [1.165, 1.54) is 19.2 Å². The lowest BCUT2D eigenvalue weighted by atomic mass is 9.87. The highest BCUT2D eigenvalue weighted by molar-refractivity contribution is 6.75. The molecule has 1 N–H and O–H groups in total. The van der Waals surface area contributed by atoms with Gasteiger partial charge < -0.3 is 37.0 Å². The zero-order valence-corrected chi connectivity index (χ0v) is 64.9. The number of unbranched alkanes of at least 4 members (excludes halogenated alkanes) is 2. The second-order valence-corrected chi connectivity index (χ2v) is 51.2. The number of methoxy groups -OCH3 is 1. The number of hydrogen-bond acceptors (Lipinski definition) is 9. The maximum absolute atomic E-state index is 13.4. The molecule has 2 saturated carbocycles. The first kappa shape index (κ1) is 89.2. The molecule has 2 aromatic rings. The van der Waals surface area contributed by atoms with E-state index in [0.717, 1.165) is 69.2 Å². The van der Waals surface area contributed by atoms with Gasteiger partial charge in [-0.2, -0.15) is 26.3 Å². The zero-order valence-electron chi connectivity index (χ0n) is 60.9. The SMILES string of the molecule is C.C.COC(=O)CCC/C=C\C[C@@H]1[C@@H](/C=C/[C@H](COc2cccc(C(F)(F)F)c2)O[Si](C)(C)C(C)(C)C)[C@H](C)C[C@@H]1O[Si](C)(C)C(C)(C)C.C[C@@H]1C[C@H](O[Si](C)(C)C(C)(C)C)[C@H](C/C=C\CCCC(=O)O)[C@H]1/C=C/[C@H](COc1cccc(C(F)(F)F)c1)O[Si](C)(C)C(C)(C)C. The van der Waals surface area contributed by atoms with E-state index in [4.69, 9.17) is 37.0 Å². The minimum Gasteiger partial charge on any atom is -0.491 e. The van der Waals surface area contributed by atoms with Crippen LogP contribution in [0.2, 0.25) is 72.5 Å². The molecule has 0 bridgehead atoms. The van der Waals surface area contributed by atoms with Gasteiger partial charge in [0.15, 0.2) is 33.3 Å². The monoisotopic (exact) mass is 1410 g/mol. The summed E-state index contributed by atoms with van der Waals surface area (Å²) in [4.78, 5) is 22.4. The molecule has 0 spiro atoms. The van der Waals surface area contributed by atoms with Crippen molar-refractivity contribution in [3.63, 3.8) is 0 Å². The maximum atomic E-state index is 13.4. The van der Waals surface area contributed by atoms with Gasteiger partial charge >= 0.3 is 24.3 Å². The molecule has 2 aliphatic rings. The fourth-order valence-electron chi connectivity index (χ4n) is 10.7. The summed E-state index contributed by atoms with van der Waals surface area (Å²) in [6.45, 7) is 49.1. The summed E-state index contributed by atoms with van der Waals surface area (Å²) in [7, 11) is -7.16. The van der Waals surface area contributed by atoms with Gasteiger partial charge in [-0.3, -0.25) is 9.59 Å². The third-order valence-corrected chi connectivity index (χ3v) is 38.6. The van der Waals surface area contributed by atoms with E-state index in [9.17, 15) is 35.9 Å². The summed E-state index contributed by atoms with van der Waals surface area (Å²) < 4.78 is 124. The molecule has 10 atom stereocenters. The molecular formula is C75H128F6O10Si4. The van der Waals surface area contributed by atoms with Crippen molar-refractivity contribution in [3.8, 4) is 11.5 Å². The number of carbonyl (C=O) groups excluding carboxylic acids is 1. The van der Waals surface area contributed by atoms with Crippen LogP contribution in [0.5, 0.6) is 11.5 Å². The Kier molecular flexibility index (Phi) is 34.8. The molecule has 4 rings (SSSR count). The van der Waals surface area contributed by atoms with E-state index in [2.05, 4.69) is 198 Å². The molecule has 2 aliphatic carbocycles. The molecule has 10 nitrogen and oxygen atoms in total. The lowest BCUT2D eigenvalue weighted by molar-refractivity contribution is -0.141. The van der Waals surface area contributed by atoms with Gasteiger partial charge in [-0.25, -0.2) is 0 Å².